The Kier molecular flexibility index (Phi) is 6.44. The van der Waals surface area contributed by atoms with Crippen LogP contribution in [-0.2, 0) is 6.54 Å². The quantitative estimate of drug-likeness (QED) is 0.662. The van der Waals surface area contributed by atoms with Crippen LogP contribution in [0.25, 0.3) is 0 Å². The molecule has 0 bridgehead atoms. The van der Waals surface area contributed by atoms with Gasteiger partial charge in [0.05, 0.1) is 6.54 Å². The molecule has 0 aliphatic carbocycles. The van der Waals surface area contributed by atoms with Crippen LogP contribution >= 0.6 is 0 Å². The first-order valence-electron chi connectivity index (χ1n) is 8.48. The smallest absolute Gasteiger partial charge is 0.251 e. The molecular weight excluding hydrogens is 288 g/mol. The first kappa shape index (κ1) is 17.3. The first-order chi connectivity index (χ1) is 11.1. The zero-order chi connectivity index (χ0) is 16.7. The van der Waals surface area contributed by atoms with E-state index >= 15 is 0 Å². The normalized spacial score (nSPS) is 18.7. The van der Waals surface area contributed by atoms with Crippen molar-refractivity contribution in [3.8, 4) is 0 Å². The molecule has 126 valence electrons. The summed E-state index contributed by atoms with van der Waals surface area (Å²) in [6.07, 6.45) is 2.52. The van der Waals surface area contributed by atoms with Crippen LogP contribution in [0.4, 0.5) is 0 Å². The van der Waals surface area contributed by atoms with Gasteiger partial charge in [-0.1, -0.05) is 19.1 Å². The van der Waals surface area contributed by atoms with Crippen LogP contribution in [-0.4, -0.2) is 43.4 Å². The van der Waals surface area contributed by atoms with Gasteiger partial charge in [0.15, 0.2) is 5.96 Å². The molecule has 1 unspecified atom stereocenters. The monoisotopic (exact) mass is 316 g/mol. The molecule has 1 saturated heterocycles. The maximum atomic E-state index is 11.7. The lowest BCUT2D eigenvalue weighted by molar-refractivity contribution is 0.0963. The highest BCUT2D eigenvalue weighted by Crippen LogP contribution is 2.16. The fourth-order valence-corrected chi connectivity index (χ4v) is 2.93. The second kappa shape index (κ2) is 8.56. The molecule has 1 aliphatic rings. The second-order valence-corrected chi connectivity index (χ2v) is 6.14. The second-order valence-electron chi connectivity index (χ2n) is 6.14. The van der Waals surface area contributed by atoms with E-state index in [1.807, 2.05) is 24.3 Å². The highest BCUT2D eigenvalue weighted by Gasteiger charge is 2.19. The summed E-state index contributed by atoms with van der Waals surface area (Å²) >= 11 is 0. The van der Waals surface area contributed by atoms with E-state index in [1.54, 1.807) is 7.05 Å². The number of amides is 1. The van der Waals surface area contributed by atoms with E-state index in [1.165, 1.54) is 12.8 Å². The average molecular weight is 316 g/mol. The molecule has 0 spiro atoms. The lowest BCUT2D eigenvalue weighted by Gasteiger charge is -2.33. The van der Waals surface area contributed by atoms with Crippen LogP contribution in [0.15, 0.2) is 29.3 Å². The summed E-state index contributed by atoms with van der Waals surface area (Å²) in [6.45, 7) is 7.95. The van der Waals surface area contributed by atoms with Gasteiger partial charge in [0.1, 0.15) is 0 Å². The number of nitrogens with zero attached hydrogens (tertiary/aromatic N) is 2. The molecule has 1 aromatic carbocycles. The number of hydrogen-bond donors (Lipinski definition) is 2. The van der Waals surface area contributed by atoms with Crippen molar-refractivity contribution in [1.82, 2.24) is 15.5 Å². The average Bonchev–Trinajstić information content (AvgIpc) is 2.58. The van der Waals surface area contributed by atoms with Gasteiger partial charge in [-0.25, -0.2) is 4.99 Å². The molecule has 5 heteroatoms. The number of likely N-dealkylation sites (tertiary alicyclic amines) is 1. The summed E-state index contributed by atoms with van der Waals surface area (Å²) < 4.78 is 0. The Morgan fingerprint density at radius 2 is 2.26 bits per heavy atom. The fourth-order valence-electron chi connectivity index (χ4n) is 2.93. The van der Waals surface area contributed by atoms with Gasteiger partial charge < -0.3 is 15.5 Å². The van der Waals surface area contributed by atoms with Crippen molar-refractivity contribution >= 4 is 11.9 Å². The van der Waals surface area contributed by atoms with E-state index in [2.05, 4.69) is 29.4 Å². The van der Waals surface area contributed by atoms with Gasteiger partial charge in [0.25, 0.3) is 5.91 Å². The van der Waals surface area contributed by atoms with Crippen molar-refractivity contribution in [3.05, 3.63) is 35.4 Å². The topological polar surface area (TPSA) is 56.7 Å². The third kappa shape index (κ3) is 4.98. The molecule has 0 radical (unpaired) electrons. The number of carbonyl (C=O) groups excluding carboxylic acids is 1. The summed E-state index contributed by atoms with van der Waals surface area (Å²) in [5, 5.41) is 6.04. The van der Waals surface area contributed by atoms with Gasteiger partial charge in [-0.05, 0) is 43.4 Å². The van der Waals surface area contributed by atoms with Crippen LogP contribution in [0.1, 0.15) is 42.6 Å². The Morgan fingerprint density at radius 3 is 2.96 bits per heavy atom. The van der Waals surface area contributed by atoms with Gasteiger partial charge in [0, 0.05) is 32.2 Å². The molecule has 2 N–H and O–H groups in total. The first-order valence-corrected chi connectivity index (χ1v) is 8.48. The predicted octanol–water partition coefficient (Wildman–Crippen LogP) is 2.24. The minimum Gasteiger partial charge on any atom is -0.357 e. The SMILES string of the molecule is CCNC(=NCc1cccc(C(=O)NC)c1)N1CCCC(C)C1. The van der Waals surface area contributed by atoms with Crippen molar-refractivity contribution < 1.29 is 4.79 Å². The van der Waals surface area contributed by atoms with Crippen LogP contribution in [0, 0.1) is 5.92 Å². The van der Waals surface area contributed by atoms with E-state index in [0.29, 0.717) is 18.0 Å². The van der Waals surface area contributed by atoms with E-state index in [0.717, 1.165) is 31.2 Å². The Labute approximate surface area is 139 Å². The standard InChI is InChI=1S/C18H28N4O/c1-4-20-18(22-10-6-7-14(2)13-22)21-12-15-8-5-9-16(11-15)17(23)19-3/h5,8-9,11,14H,4,6-7,10,12-13H2,1-3H3,(H,19,23)(H,20,21). The van der Waals surface area contributed by atoms with E-state index in [4.69, 9.17) is 4.99 Å². The Balaban J connectivity index is 2.09. The molecule has 1 heterocycles. The highest BCUT2D eigenvalue weighted by molar-refractivity contribution is 5.94. The van der Waals surface area contributed by atoms with Crippen molar-refractivity contribution in [2.75, 3.05) is 26.7 Å². The Bertz CT molecular complexity index is 556. The van der Waals surface area contributed by atoms with E-state index in [-0.39, 0.29) is 5.91 Å². The summed E-state index contributed by atoms with van der Waals surface area (Å²) in [5.41, 5.74) is 1.73. The minimum absolute atomic E-state index is 0.0624. The molecule has 5 nitrogen and oxygen atoms in total. The largest absolute Gasteiger partial charge is 0.357 e. The lowest BCUT2D eigenvalue weighted by atomic mass is 10.0. The molecular formula is C18H28N4O. The summed E-state index contributed by atoms with van der Waals surface area (Å²) in [6, 6.07) is 7.65. The van der Waals surface area contributed by atoms with Crippen LogP contribution in [0.2, 0.25) is 0 Å². The van der Waals surface area contributed by atoms with Gasteiger partial charge >= 0.3 is 0 Å². The number of nitrogens with one attached hydrogen (secondary N) is 2. The van der Waals surface area contributed by atoms with Crippen LogP contribution < -0.4 is 10.6 Å². The molecule has 1 atom stereocenters. The van der Waals surface area contributed by atoms with Gasteiger partial charge in [0.2, 0.25) is 0 Å². The van der Waals surface area contributed by atoms with Gasteiger partial charge in [-0.2, -0.15) is 0 Å². The zero-order valence-electron chi connectivity index (χ0n) is 14.4. The van der Waals surface area contributed by atoms with Crippen molar-refractivity contribution in [2.24, 2.45) is 10.9 Å². The summed E-state index contributed by atoms with van der Waals surface area (Å²) in [4.78, 5) is 18.8. The third-order valence-electron chi connectivity index (χ3n) is 4.12. The van der Waals surface area contributed by atoms with E-state index < -0.39 is 0 Å². The number of hydrogen-bond acceptors (Lipinski definition) is 2. The zero-order valence-corrected chi connectivity index (χ0v) is 14.4. The molecule has 1 fully saturated rings. The Hall–Kier alpha value is -2.04. The molecule has 0 aromatic heterocycles. The number of piperidine rings is 1. The molecule has 0 saturated carbocycles. The molecule has 23 heavy (non-hydrogen) atoms. The molecule has 1 aromatic rings. The number of carbonyl (C=O) groups is 1. The van der Waals surface area contributed by atoms with Crippen LogP contribution in [0.3, 0.4) is 0 Å². The maximum Gasteiger partial charge on any atom is 0.251 e. The molecule has 2 rings (SSSR count). The van der Waals surface area contributed by atoms with Crippen molar-refractivity contribution in [3.63, 3.8) is 0 Å². The van der Waals surface area contributed by atoms with E-state index in [9.17, 15) is 4.79 Å². The number of benzene rings is 1. The maximum absolute atomic E-state index is 11.7. The predicted molar refractivity (Wildman–Crippen MR) is 94.6 cm³/mol. The van der Waals surface area contributed by atoms with Crippen molar-refractivity contribution in [1.29, 1.82) is 0 Å². The van der Waals surface area contributed by atoms with Gasteiger partial charge in [-0.15, -0.1) is 0 Å². The number of aliphatic imine (C=N–C) groups is 1. The van der Waals surface area contributed by atoms with Crippen LogP contribution in [0.5, 0.6) is 0 Å². The van der Waals surface area contributed by atoms with Crippen molar-refractivity contribution in [2.45, 2.75) is 33.2 Å². The highest BCUT2D eigenvalue weighted by atomic mass is 16.1. The molecule has 1 amide bonds. The number of rotatable bonds is 4. The third-order valence-corrected chi connectivity index (χ3v) is 4.12. The lowest BCUT2D eigenvalue weighted by Crippen LogP contribution is -2.46. The Morgan fingerprint density at radius 1 is 1.43 bits per heavy atom. The fraction of sp³-hybridized carbons (Fsp3) is 0.556. The summed E-state index contributed by atoms with van der Waals surface area (Å²) in [7, 11) is 1.65. The minimum atomic E-state index is -0.0624. The van der Waals surface area contributed by atoms with Gasteiger partial charge in [-0.3, -0.25) is 4.79 Å². The number of guanidine groups is 1. The molecule has 1 aliphatic heterocycles. The summed E-state index contributed by atoms with van der Waals surface area (Å²) in [5.74, 6) is 1.63.